The van der Waals surface area contributed by atoms with Gasteiger partial charge in [-0.3, -0.25) is 0 Å². The Kier molecular flexibility index (Phi) is 6.91. The van der Waals surface area contributed by atoms with E-state index >= 15 is 0 Å². The number of hydrogen-bond acceptors (Lipinski definition) is 5. The molecule has 0 bridgehead atoms. The van der Waals surface area contributed by atoms with Crippen molar-refractivity contribution >= 4 is 51.1 Å². The van der Waals surface area contributed by atoms with Crippen molar-refractivity contribution in [2.45, 2.75) is 0 Å². The Hall–Kier alpha value is -4.86. The lowest BCUT2D eigenvalue weighted by Crippen LogP contribution is -2.41. The molecule has 35 heavy (non-hydrogen) atoms. The fraction of sp³-hybridized carbons (Fsp3) is 0. The van der Waals surface area contributed by atoms with Gasteiger partial charge in [0.05, 0.1) is 16.8 Å². The number of hydrogen-bond donors (Lipinski definition) is 4. The van der Waals surface area contributed by atoms with Gasteiger partial charge in [-0.05, 0) is 42.5 Å². The molecule has 4 aromatic carbocycles. The molecule has 0 atom stereocenters. The van der Waals surface area contributed by atoms with Crippen molar-refractivity contribution in [2.75, 3.05) is 15.3 Å². The lowest BCUT2D eigenvalue weighted by molar-refractivity contribution is 0.254. The lowest BCUT2D eigenvalue weighted by Gasteiger charge is -2.18. The number of amides is 4. The van der Waals surface area contributed by atoms with E-state index in [0.29, 0.717) is 22.6 Å². The van der Waals surface area contributed by atoms with Crippen molar-refractivity contribution in [3.8, 4) is 0 Å². The number of benzene rings is 4. The largest absolute Gasteiger partial charge is 0.456 e. The van der Waals surface area contributed by atoms with Gasteiger partial charge >= 0.3 is 12.1 Å². The summed E-state index contributed by atoms with van der Waals surface area (Å²) in [6.07, 6.45) is 0. The van der Waals surface area contributed by atoms with Gasteiger partial charge in [0.25, 0.3) is 0 Å². The Balaban J connectivity index is 0.000000221. The number of nitrogens with one attached hydrogen (secondary N) is 1. The van der Waals surface area contributed by atoms with Gasteiger partial charge < -0.3 is 15.5 Å². The van der Waals surface area contributed by atoms with E-state index in [9.17, 15) is 9.59 Å². The second-order valence-corrected chi connectivity index (χ2v) is 7.46. The molecule has 0 unspecified atom stereocenters. The zero-order chi connectivity index (χ0) is 24.8. The van der Waals surface area contributed by atoms with Gasteiger partial charge in [0.1, 0.15) is 11.2 Å². The summed E-state index contributed by atoms with van der Waals surface area (Å²) in [5, 5.41) is 6.51. The summed E-state index contributed by atoms with van der Waals surface area (Å²) in [6.45, 7) is 0. The maximum atomic E-state index is 12.5. The second kappa shape index (κ2) is 10.4. The number of nitrogens with two attached hydrogens (primary N) is 3. The Morgan fingerprint density at radius 1 is 0.686 bits per heavy atom. The van der Waals surface area contributed by atoms with Crippen LogP contribution in [-0.4, -0.2) is 12.1 Å². The first kappa shape index (κ1) is 23.3. The van der Waals surface area contributed by atoms with E-state index < -0.39 is 12.1 Å². The van der Waals surface area contributed by atoms with Gasteiger partial charge in [0.2, 0.25) is 0 Å². The zero-order valence-corrected chi connectivity index (χ0v) is 18.7. The first-order valence-electron chi connectivity index (χ1n) is 10.7. The van der Waals surface area contributed by atoms with Gasteiger partial charge in [0.15, 0.2) is 0 Å². The summed E-state index contributed by atoms with van der Waals surface area (Å²) in [5.41, 5.74) is 8.24. The monoisotopic (exact) mass is 468 g/mol. The zero-order valence-electron chi connectivity index (χ0n) is 18.7. The van der Waals surface area contributed by atoms with Crippen LogP contribution >= 0.6 is 0 Å². The number of nitrogens with zero attached hydrogens (tertiary/aromatic N) is 2. The Morgan fingerprint density at radius 2 is 1.29 bits per heavy atom. The Bertz CT molecular complexity index is 1450. The van der Waals surface area contributed by atoms with E-state index in [4.69, 9.17) is 21.8 Å². The van der Waals surface area contributed by atoms with Crippen LogP contribution in [-0.2, 0) is 0 Å². The molecule has 0 saturated carbocycles. The van der Waals surface area contributed by atoms with Crippen LogP contribution in [0.2, 0.25) is 0 Å². The fourth-order valence-corrected chi connectivity index (χ4v) is 3.49. The molecule has 9 heteroatoms. The van der Waals surface area contributed by atoms with Crippen LogP contribution in [0.3, 0.4) is 0 Å². The van der Waals surface area contributed by atoms with Crippen LogP contribution in [0.25, 0.3) is 21.9 Å². The highest BCUT2D eigenvalue weighted by atomic mass is 16.3. The Labute approximate surface area is 201 Å². The highest BCUT2D eigenvalue weighted by Gasteiger charge is 2.18. The maximum absolute atomic E-state index is 12.5. The average molecular weight is 469 g/mol. The predicted octanol–water partition coefficient (Wildman–Crippen LogP) is 4.94. The third-order valence-corrected chi connectivity index (χ3v) is 5.16. The van der Waals surface area contributed by atoms with Crippen molar-refractivity contribution in [3.63, 3.8) is 0 Å². The summed E-state index contributed by atoms with van der Waals surface area (Å²) in [7, 11) is 0. The molecule has 5 rings (SSSR count). The molecular weight excluding hydrogens is 444 g/mol. The summed E-state index contributed by atoms with van der Waals surface area (Å²) in [4.78, 5) is 23.0. The smallest absolute Gasteiger partial charge is 0.340 e. The maximum Gasteiger partial charge on any atom is 0.340 e. The minimum atomic E-state index is -0.670. The number of rotatable bonds is 3. The molecule has 7 N–H and O–H groups in total. The van der Waals surface area contributed by atoms with Gasteiger partial charge in [-0.25, -0.2) is 31.3 Å². The van der Waals surface area contributed by atoms with E-state index in [2.05, 4.69) is 5.32 Å². The number of urea groups is 2. The quantitative estimate of drug-likeness (QED) is 0.168. The van der Waals surface area contributed by atoms with E-state index in [0.717, 1.165) is 26.4 Å². The highest BCUT2D eigenvalue weighted by molar-refractivity contribution is 6.15. The molecule has 0 aliphatic heterocycles. The second-order valence-electron chi connectivity index (χ2n) is 7.46. The van der Waals surface area contributed by atoms with E-state index in [1.807, 2.05) is 60.7 Å². The van der Waals surface area contributed by atoms with E-state index in [1.165, 1.54) is 0 Å². The highest BCUT2D eigenvalue weighted by Crippen LogP contribution is 2.35. The minimum absolute atomic E-state index is 0.418. The summed E-state index contributed by atoms with van der Waals surface area (Å²) >= 11 is 0. The van der Waals surface area contributed by atoms with Gasteiger partial charge in [-0.2, -0.15) is 0 Å². The molecular formula is C26H24N6O3. The number of anilines is 3. The molecule has 9 nitrogen and oxygen atoms in total. The molecule has 0 saturated heterocycles. The average Bonchev–Trinajstić information content (AvgIpc) is 3.28. The molecule has 1 heterocycles. The number of carbonyl (C=O) groups excluding carboxylic acids is 2. The topological polar surface area (TPSA) is 144 Å². The number of furan rings is 1. The van der Waals surface area contributed by atoms with Crippen LogP contribution in [0.4, 0.5) is 26.7 Å². The molecule has 1 aromatic heterocycles. The van der Waals surface area contributed by atoms with E-state index in [1.54, 1.807) is 42.5 Å². The van der Waals surface area contributed by atoms with Crippen LogP contribution < -0.4 is 32.8 Å². The first-order chi connectivity index (χ1) is 17.0. The van der Waals surface area contributed by atoms with Gasteiger partial charge in [-0.1, -0.05) is 60.7 Å². The summed E-state index contributed by atoms with van der Waals surface area (Å²) in [6, 6.07) is 30.0. The summed E-state index contributed by atoms with van der Waals surface area (Å²) in [5.74, 6) is 11.4. The molecule has 0 fully saturated rings. The molecule has 0 spiro atoms. The van der Waals surface area contributed by atoms with Gasteiger partial charge in [-0.15, -0.1) is 0 Å². The molecule has 176 valence electrons. The third kappa shape index (κ3) is 5.22. The first-order valence-corrected chi connectivity index (χ1v) is 10.7. The van der Waals surface area contributed by atoms with Crippen molar-refractivity contribution in [1.29, 1.82) is 0 Å². The van der Waals surface area contributed by atoms with Crippen LogP contribution in [0.15, 0.2) is 108 Å². The standard InChI is InChI=1S/C19H15N3O2.C7H9N3O/c20-22(19(23)21-13-7-2-1-3-8-13)15-10-6-12-17-18(15)14-9-4-5-11-16(14)24-17;8-7(11)10(9)6-4-2-1-3-5-6/h1-12H,20H2,(H,21,23);1-5H,9H2,(H2,8,11). The molecule has 0 aliphatic rings. The van der Waals surface area contributed by atoms with Gasteiger partial charge in [0, 0.05) is 11.1 Å². The molecule has 0 radical (unpaired) electrons. The Morgan fingerprint density at radius 3 is 1.97 bits per heavy atom. The molecule has 0 aliphatic carbocycles. The molecule has 4 amide bonds. The van der Waals surface area contributed by atoms with Crippen molar-refractivity contribution < 1.29 is 14.0 Å². The molecule has 5 aromatic rings. The number of hydrazine groups is 2. The predicted molar refractivity (Wildman–Crippen MR) is 139 cm³/mol. The number of primary amides is 1. The number of fused-ring (bicyclic) bond motifs is 3. The lowest BCUT2D eigenvalue weighted by atomic mass is 10.1. The van der Waals surface area contributed by atoms with Crippen LogP contribution in [0.1, 0.15) is 0 Å². The minimum Gasteiger partial charge on any atom is -0.456 e. The summed E-state index contributed by atoms with van der Waals surface area (Å²) < 4.78 is 5.83. The SMILES string of the molecule is NC(=O)N(N)c1ccccc1.NN(C(=O)Nc1ccccc1)c1cccc2oc3ccccc3c12. The van der Waals surface area contributed by atoms with E-state index in [-0.39, 0.29) is 0 Å². The van der Waals surface area contributed by atoms with Crippen molar-refractivity contribution in [3.05, 3.63) is 103 Å². The third-order valence-electron chi connectivity index (χ3n) is 5.16. The van der Waals surface area contributed by atoms with Crippen molar-refractivity contribution in [1.82, 2.24) is 0 Å². The van der Waals surface area contributed by atoms with Crippen molar-refractivity contribution in [2.24, 2.45) is 17.4 Å². The fourth-order valence-electron chi connectivity index (χ4n) is 3.49. The van der Waals surface area contributed by atoms with Crippen LogP contribution in [0, 0.1) is 0 Å². The normalized spacial score (nSPS) is 10.3. The number of para-hydroxylation sites is 3. The number of carbonyl (C=O) groups is 2. The van der Waals surface area contributed by atoms with Crippen LogP contribution in [0.5, 0.6) is 0 Å².